The fraction of sp³-hybridized carbons (Fsp3) is 0.421. The summed E-state index contributed by atoms with van der Waals surface area (Å²) in [5.74, 6) is 1.78. The van der Waals surface area contributed by atoms with Gasteiger partial charge in [-0.05, 0) is 11.6 Å². The third-order valence-electron chi connectivity index (χ3n) is 3.78. The van der Waals surface area contributed by atoms with E-state index in [-0.39, 0.29) is 11.8 Å². The Labute approximate surface area is 159 Å². The molecule has 0 spiro atoms. The first-order valence-electron chi connectivity index (χ1n) is 8.60. The fourth-order valence-corrected chi connectivity index (χ4v) is 3.47. The number of carbonyl (C=O) groups excluding carboxylic acids is 1. The molecule has 0 aliphatic carbocycles. The summed E-state index contributed by atoms with van der Waals surface area (Å²) in [7, 11) is 1.61. The number of allylic oxidation sites excluding steroid dienone is 1. The smallest absolute Gasteiger partial charge is 0.251 e. The van der Waals surface area contributed by atoms with Crippen LogP contribution in [0.25, 0.3) is 0 Å². The molecule has 26 heavy (non-hydrogen) atoms. The van der Waals surface area contributed by atoms with Gasteiger partial charge in [-0.2, -0.15) is 0 Å². The number of amides is 1. The summed E-state index contributed by atoms with van der Waals surface area (Å²) in [6.07, 6.45) is 1.84. The van der Waals surface area contributed by atoms with E-state index in [1.807, 2.05) is 30.3 Å². The minimum Gasteiger partial charge on any atom is -0.383 e. The molecule has 0 unspecified atom stereocenters. The minimum absolute atomic E-state index is 0.0892. The van der Waals surface area contributed by atoms with Gasteiger partial charge >= 0.3 is 0 Å². The lowest BCUT2D eigenvalue weighted by atomic mass is 10.1. The lowest BCUT2D eigenvalue weighted by Crippen LogP contribution is -2.27. The minimum atomic E-state index is -0.0892. The van der Waals surface area contributed by atoms with Gasteiger partial charge in [0.1, 0.15) is 5.82 Å². The Morgan fingerprint density at radius 1 is 1.38 bits per heavy atom. The molecule has 140 valence electrons. The molecule has 0 bridgehead atoms. The molecule has 0 saturated carbocycles. The number of nitrogens with one attached hydrogen (secondary N) is 1. The van der Waals surface area contributed by atoms with Crippen molar-refractivity contribution in [3.8, 4) is 0 Å². The van der Waals surface area contributed by atoms with E-state index in [0.29, 0.717) is 31.0 Å². The second-order valence-electron chi connectivity index (χ2n) is 6.09. The van der Waals surface area contributed by atoms with E-state index in [1.165, 1.54) is 0 Å². The summed E-state index contributed by atoms with van der Waals surface area (Å²) in [5, 5.41) is 12.3. The molecular formula is C19H26N4O2S. The number of thioether (sulfide) groups is 1. The van der Waals surface area contributed by atoms with Gasteiger partial charge in [-0.1, -0.05) is 49.9 Å². The Morgan fingerprint density at radius 3 is 2.85 bits per heavy atom. The molecule has 1 N–H and O–H groups in total. The highest BCUT2D eigenvalue weighted by atomic mass is 32.2. The zero-order chi connectivity index (χ0) is 18.9. The van der Waals surface area contributed by atoms with E-state index in [1.54, 1.807) is 18.9 Å². The number of hydrogen-bond acceptors (Lipinski definition) is 5. The Balaban J connectivity index is 2.13. The number of methoxy groups -OCH3 is 1. The van der Waals surface area contributed by atoms with Gasteiger partial charge in [0.2, 0.25) is 0 Å². The van der Waals surface area contributed by atoms with E-state index in [0.717, 1.165) is 16.5 Å². The highest BCUT2D eigenvalue weighted by molar-refractivity contribution is 7.98. The van der Waals surface area contributed by atoms with Crippen molar-refractivity contribution in [2.75, 3.05) is 20.3 Å². The topological polar surface area (TPSA) is 69.0 Å². The van der Waals surface area contributed by atoms with Crippen molar-refractivity contribution in [1.29, 1.82) is 0 Å². The summed E-state index contributed by atoms with van der Waals surface area (Å²) in [4.78, 5) is 12.4. The number of benzene rings is 1. The van der Waals surface area contributed by atoms with Gasteiger partial charge in [0.25, 0.3) is 5.91 Å². The van der Waals surface area contributed by atoms with Gasteiger partial charge < -0.3 is 14.6 Å². The molecule has 0 atom stereocenters. The van der Waals surface area contributed by atoms with Crippen LogP contribution in [-0.2, 0) is 17.0 Å². The van der Waals surface area contributed by atoms with Crippen molar-refractivity contribution in [3.63, 3.8) is 0 Å². The Hall–Kier alpha value is -2.12. The molecule has 1 aromatic heterocycles. The van der Waals surface area contributed by atoms with E-state index in [9.17, 15) is 4.79 Å². The summed E-state index contributed by atoms with van der Waals surface area (Å²) in [6, 6.07) is 7.62. The maximum absolute atomic E-state index is 12.4. The molecule has 1 amide bonds. The van der Waals surface area contributed by atoms with Crippen LogP contribution >= 0.6 is 11.8 Å². The van der Waals surface area contributed by atoms with Gasteiger partial charge in [-0.3, -0.25) is 4.79 Å². The van der Waals surface area contributed by atoms with Crippen LogP contribution in [0.3, 0.4) is 0 Å². The molecule has 1 aromatic carbocycles. The first-order chi connectivity index (χ1) is 12.6. The lowest BCUT2D eigenvalue weighted by Gasteiger charge is -2.11. The van der Waals surface area contributed by atoms with Crippen LogP contribution in [0.4, 0.5) is 0 Å². The molecule has 0 fully saturated rings. The molecule has 0 radical (unpaired) electrons. The Kier molecular flexibility index (Phi) is 7.87. The van der Waals surface area contributed by atoms with Crippen molar-refractivity contribution in [1.82, 2.24) is 20.1 Å². The summed E-state index contributed by atoms with van der Waals surface area (Å²) in [5.41, 5.74) is 1.64. The van der Waals surface area contributed by atoms with E-state index in [4.69, 9.17) is 4.74 Å². The van der Waals surface area contributed by atoms with Crippen LogP contribution in [0.2, 0.25) is 0 Å². The predicted molar refractivity (Wildman–Crippen MR) is 105 cm³/mol. The first kappa shape index (κ1) is 20.2. The predicted octanol–water partition coefficient (Wildman–Crippen LogP) is 3.26. The summed E-state index contributed by atoms with van der Waals surface area (Å²) in [6.45, 7) is 9.66. The molecule has 0 aliphatic rings. The van der Waals surface area contributed by atoms with Crippen LogP contribution in [-0.4, -0.2) is 40.9 Å². The van der Waals surface area contributed by atoms with Crippen LogP contribution in [0.1, 0.15) is 41.5 Å². The second-order valence-corrected chi connectivity index (χ2v) is 7.03. The number of hydrogen-bond donors (Lipinski definition) is 1. The maximum Gasteiger partial charge on any atom is 0.251 e. The maximum atomic E-state index is 12.4. The SMILES string of the molecule is C=CCn1c(SCc2ccccc2C(=O)NCCOC)nnc1C(C)C. The van der Waals surface area contributed by atoms with Crippen molar-refractivity contribution in [2.45, 2.75) is 37.2 Å². The van der Waals surface area contributed by atoms with Crippen molar-refractivity contribution in [3.05, 3.63) is 53.9 Å². The average Bonchev–Trinajstić information content (AvgIpc) is 3.03. The van der Waals surface area contributed by atoms with E-state index < -0.39 is 0 Å². The number of aromatic nitrogens is 3. The molecule has 0 saturated heterocycles. The van der Waals surface area contributed by atoms with Gasteiger partial charge in [-0.15, -0.1) is 16.8 Å². The zero-order valence-electron chi connectivity index (χ0n) is 15.6. The molecule has 0 aliphatic heterocycles. The molecule has 7 heteroatoms. The third kappa shape index (κ3) is 5.19. The third-order valence-corrected chi connectivity index (χ3v) is 4.80. The fourth-order valence-electron chi connectivity index (χ4n) is 2.51. The van der Waals surface area contributed by atoms with Crippen molar-refractivity contribution in [2.24, 2.45) is 0 Å². The van der Waals surface area contributed by atoms with Crippen LogP contribution in [0.15, 0.2) is 42.1 Å². The molecule has 2 rings (SSSR count). The van der Waals surface area contributed by atoms with Crippen LogP contribution < -0.4 is 5.32 Å². The zero-order valence-corrected chi connectivity index (χ0v) is 16.4. The van der Waals surface area contributed by atoms with E-state index >= 15 is 0 Å². The summed E-state index contributed by atoms with van der Waals surface area (Å²) < 4.78 is 7.05. The molecular weight excluding hydrogens is 348 g/mol. The number of ether oxygens (including phenoxy) is 1. The quantitative estimate of drug-likeness (QED) is 0.393. The molecule has 1 heterocycles. The number of nitrogens with zero attached hydrogens (tertiary/aromatic N) is 3. The highest BCUT2D eigenvalue weighted by Gasteiger charge is 2.16. The number of carbonyl (C=O) groups is 1. The highest BCUT2D eigenvalue weighted by Crippen LogP contribution is 2.26. The Bertz CT molecular complexity index is 743. The van der Waals surface area contributed by atoms with Gasteiger partial charge in [-0.25, -0.2) is 0 Å². The number of rotatable bonds is 10. The van der Waals surface area contributed by atoms with Crippen molar-refractivity contribution < 1.29 is 9.53 Å². The first-order valence-corrected chi connectivity index (χ1v) is 9.58. The average molecular weight is 375 g/mol. The van der Waals surface area contributed by atoms with Crippen LogP contribution in [0, 0.1) is 0 Å². The Morgan fingerprint density at radius 2 is 2.15 bits per heavy atom. The largest absolute Gasteiger partial charge is 0.383 e. The van der Waals surface area contributed by atoms with E-state index in [2.05, 4.69) is 40.5 Å². The van der Waals surface area contributed by atoms with Gasteiger partial charge in [0.05, 0.1) is 6.61 Å². The molecule has 6 nitrogen and oxygen atoms in total. The van der Waals surface area contributed by atoms with Gasteiger partial charge in [0, 0.05) is 37.4 Å². The lowest BCUT2D eigenvalue weighted by molar-refractivity contribution is 0.0936. The normalized spacial score (nSPS) is 10.9. The second kappa shape index (κ2) is 10.1. The molecule has 2 aromatic rings. The van der Waals surface area contributed by atoms with Crippen molar-refractivity contribution >= 4 is 17.7 Å². The standard InChI is InChI=1S/C19H26N4O2S/c1-5-11-23-17(14(2)3)21-22-19(23)26-13-15-8-6-7-9-16(15)18(24)20-10-12-25-4/h5-9,14H,1,10-13H2,2-4H3,(H,20,24). The van der Waals surface area contributed by atoms with Gasteiger partial charge in [0.15, 0.2) is 5.16 Å². The monoisotopic (exact) mass is 374 g/mol. The summed E-state index contributed by atoms with van der Waals surface area (Å²) >= 11 is 1.58. The van der Waals surface area contributed by atoms with Crippen LogP contribution in [0.5, 0.6) is 0 Å².